The standard InChI is InChI=1S/C13H22N2O/c1-10-3-4-12(11(2)7-10)5-6-15-9-13(16)8-14/h3-4,7,13,15-16H,5-6,8-9,14H2,1-2H3. The van der Waals surface area contributed by atoms with Crippen LogP contribution in [0.25, 0.3) is 0 Å². The fourth-order valence-corrected chi connectivity index (χ4v) is 1.70. The summed E-state index contributed by atoms with van der Waals surface area (Å²) < 4.78 is 0. The van der Waals surface area contributed by atoms with Crippen LogP contribution < -0.4 is 11.1 Å². The van der Waals surface area contributed by atoms with Crippen LogP contribution in [0.3, 0.4) is 0 Å². The number of nitrogens with two attached hydrogens (primary N) is 1. The van der Waals surface area contributed by atoms with E-state index >= 15 is 0 Å². The van der Waals surface area contributed by atoms with E-state index < -0.39 is 6.10 Å². The van der Waals surface area contributed by atoms with Gasteiger partial charge in [0.15, 0.2) is 0 Å². The van der Waals surface area contributed by atoms with E-state index in [0.717, 1.165) is 13.0 Å². The van der Waals surface area contributed by atoms with Crippen molar-refractivity contribution in [1.82, 2.24) is 5.32 Å². The molecule has 0 saturated heterocycles. The van der Waals surface area contributed by atoms with Gasteiger partial charge in [0.25, 0.3) is 0 Å². The fraction of sp³-hybridized carbons (Fsp3) is 0.538. The molecule has 1 rings (SSSR count). The van der Waals surface area contributed by atoms with E-state index in [0.29, 0.717) is 13.1 Å². The summed E-state index contributed by atoms with van der Waals surface area (Å²) in [6.07, 6.45) is 0.558. The average Bonchev–Trinajstić information content (AvgIpc) is 2.26. The van der Waals surface area contributed by atoms with Crippen LogP contribution in [0.15, 0.2) is 18.2 Å². The first kappa shape index (κ1) is 13.2. The zero-order valence-electron chi connectivity index (χ0n) is 10.2. The summed E-state index contributed by atoms with van der Waals surface area (Å²) in [7, 11) is 0. The number of hydrogen-bond donors (Lipinski definition) is 3. The fourth-order valence-electron chi connectivity index (χ4n) is 1.70. The zero-order chi connectivity index (χ0) is 12.0. The summed E-state index contributed by atoms with van der Waals surface area (Å²) in [6, 6.07) is 6.51. The van der Waals surface area contributed by atoms with Crippen LogP contribution in [-0.2, 0) is 6.42 Å². The number of rotatable bonds is 6. The topological polar surface area (TPSA) is 58.3 Å². The molecule has 1 atom stereocenters. The molecule has 4 N–H and O–H groups in total. The number of nitrogens with one attached hydrogen (secondary N) is 1. The second kappa shape index (κ2) is 6.63. The van der Waals surface area contributed by atoms with Crippen molar-refractivity contribution in [2.75, 3.05) is 19.6 Å². The van der Waals surface area contributed by atoms with Crippen LogP contribution in [-0.4, -0.2) is 30.8 Å². The van der Waals surface area contributed by atoms with E-state index in [4.69, 9.17) is 5.73 Å². The molecule has 3 heteroatoms. The SMILES string of the molecule is Cc1ccc(CCNCC(O)CN)c(C)c1. The minimum atomic E-state index is -0.431. The molecule has 1 aromatic rings. The summed E-state index contributed by atoms with van der Waals surface area (Å²) in [5.74, 6) is 0. The Bertz CT molecular complexity index is 326. The van der Waals surface area contributed by atoms with Crippen molar-refractivity contribution in [3.63, 3.8) is 0 Å². The van der Waals surface area contributed by atoms with Gasteiger partial charge in [-0.2, -0.15) is 0 Å². The lowest BCUT2D eigenvalue weighted by Crippen LogP contribution is -2.33. The average molecular weight is 222 g/mol. The lowest BCUT2D eigenvalue weighted by atomic mass is 10.0. The maximum Gasteiger partial charge on any atom is 0.0786 e. The molecule has 3 nitrogen and oxygen atoms in total. The molecule has 0 aliphatic heterocycles. The van der Waals surface area contributed by atoms with Gasteiger partial charge >= 0.3 is 0 Å². The van der Waals surface area contributed by atoms with Crippen molar-refractivity contribution in [1.29, 1.82) is 0 Å². The third-order valence-corrected chi connectivity index (χ3v) is 2.72. The summed E-state index contributed by atoms with van der Waals surface area (Å²) >= 11 is 0. The molecule has 0 aromatic heterocycles. The molecule has 0 fully saturated rings. The molecule has 0 aliphatic carbocycles. The van der Waals surface area contributed by atoms with Gasteiger partial charge in [-0.1, -0.05) is 23.8 Å². The van der Waals surface area contributed by atoms with Gasteiger partial charge in [0, 0.05) is 13.1 Å². The third-order valence-electron chi connectivity index (χ3n) is 2.72. The molecular formula is C13H22N2O. The van der Waals surface area contributed by atoms with E-state index in [1.807, 2.05) is 0 Å². The monoisotopic (exact) mass is 222 g/mol. The van der Waals surface area contributed by atoms with Crippen molar-refractivity contribution in [2.24, 2.45) is 5.73 Å². The Morgan fingerprint density at radius 1 is 1.38 bits per heavy atom. The Morgan fingerprint density at radius 3 is 2.75 bits per heavy atom. The Hall–Kier alpha value is -0.900. The molecule has 0 saturated carbocycles. The first-order valence-electron chi connectivity index (χ1n) is 5.78. The number of aliphatic hydroxyl groups is 1. The molecule has 90 valence electrons. The van der Waals surface area contributed by atoms with Crippen LogP contribution >= 0.6 is 0 Å². The third kappa shape index (κ3) is 4.31. The van der Waals surface area contributed by atoms with E-state index in [1.54, 1.807) is 0 Å². The normalized spacial score (nSPS) is 12.8. The van der Waals surface area contributed by atoms with Crippen LogP contribution in [0.5, 0.6) is 0 Å². The Labute approximate surface area is 97.7 Å². The predicted octanol–water partition coefficient (Wildman–Crippen LogP) is 0.755. The smallest absolute Gasteiger partial charge is 0.0786 e. The lowest BCUT2D eigenvalue weighted by Gasteiger charge is -2.10. The van der Waals surface area contributed by atoms with Crippen molar-refractivity contribution >= 4 is 0 Å². The molecule has 1 unspecified atom stereocenters. The Kier molecular flexibility index (Phi) is 5.46. The summed E-state index contributed by atoms with van der Waals surface area (Å²) in [5, 5.41) is 12.5. The van der Waals surface area contributed by atoms with Gasteiger partial charge in [0.1, 0.15) is 0 Å². The molecule has 0 bridgehead atoms. The van der Waals surface area contributed by atoms with E-state index in [2.05, 4.69) is 37.4 Å². The minimum absolute atomic E-state index is 0.316. The highest BCUT2D eigenvalue weighted by Gasteiger charge is 2.01. The quantitative estimate of drug-likeness (QED) is 0.623. The minimum Gasteiger partial charge on any atom is -0.390 e. The van der Waals surface area contributed by atoms with Gasteiger partial charge < -0.3 is 16.2 Å². The summed E-state index contributed by atoms with van der Waals surface area (Å²) in [4.78, 5) is 0. The van der Waals surface area contributed by atoms with Crippen molar-refractivity contribution in [2.45, 2.75) is 26.4 Å². The van der Waals surface area contributed by atoms with Gasteiger partial charge in [-0.3, -0.25) is 0 Å². The number of benzene rings is 1. The largest absolute Gasteiger partial charge is 0.390 e. The molecular weight excluding hydrogens is 200 g/mol. The highest BCUT2D eigenvalue weighted by atomic mass is 16.3. The Balaban J connectivity index is 2.32. The van der Waals surface area contributed by atoms with Crippen molar-refractivity contribution < 1.29 is 5.11 Å². The lowest BCUT2D eigenvalue weighted by molar-refractivity contribution is 0.180. The second-order valence-electron chi connectivity index (χ2n) is 4.27. The maximum absolute atomic E-state index is 9.26. The maximum atomic E-state index is 9.26. The van der Waals surface area contributed by atoms with E-state index in [1.165, 1.54) is 16.7 Å². The Morgan fingerprint density at radius 2 is 2.12 bits per heavy atom. The van der Waals surface area contributed by atoms with Crippen LogP contribution in [0.2, 0.25) is 0 Å². The molecule has 0 spiro atoms. The first-order valence-corrected chi connectivity index (χ1v) is 5.78. The van der Waals surface area contributed by atoms with Crippen LogP contribution in [0, 0.1) is 13.8 Å². The van der Waals surface area contributed by atoms with Crippen molar-refractivity contribution in [3.05, 3.63) is 34.9 Å². The zero-order valence-corrected chi connectivity index (χ0v) is 10.2. The van der Waals surface area contributed by atoms with Crippen molar-refractivity contribution in [3.8, 4) is 0 Å². The highest BCUT2D eigenvalue weighted by Crippen LogP contribution is 2.10. The van der Waals surface area contributed by atoms with Crippen LogP contribution in [0.1, 0.15) is 16.7 Å². The molecule has 0 aliphatic rings. The molecule has 0 radical (unpaired) electrons. The molecule has 0 amide bonds. The first-order chi connectivity index (χ1) is 7.63. The van der Waals surface area contributed by atoms with Crippen LogP contribution in [0.4, 0.5) is 0 Å². The second-order valence-corrected chi connectivity index (χ2v) is 4.27. The summed E-state index contributed by atoms with van der Waals surface area (Å²) in [5.41, 5.74) is 9.31. The molecule has 0 heterocycles. The van der Waals surface area contributed by atoms with Gasteiger partial charge in [-0.15, -0.1) is 0 Å². The van der Waals surface area contributed by atoms with Gasteiger partial charge in [-0.25, -0.2) is 0 Å². The number of hydrogen-bond acceptors (Lipinski definition) is 3. The highest BCUT2D eigenvalue weighted by molar-refractivity contribution is 5.30. The predicted molar refractivity (Wildman–Crippen MR) is 67.6 cm³/mol. The number of aryl methyl sites for hydroxylation is 2. The van der Waals surface area contributed by atoms with Gasteiger partial charge in [0.2, 0.25) is 0 Å². The number of aliphatic hydroxyl groups excluding tert-OH is 1. The summed E-state index contributed by atoms with van der Waals surface area (Å²) in [6.45, 7) is 6.00. The molecule has 16 heavy (non-hydrogen) atoms. The van der Waals surface area contributed by atoms with Gasteiger partial charge in [0.05, 0.1) is 6.10 Å². The molecule has 1 aromatic carbocycles. The van der Waals surface area contributed by atoms with E-state index in [9.17, 15) is 5.11 Å². The van der Waals surface area contributed by atoms with Gasteiger partial charge in [-0.05, 0) is 37.9 Å². The van der Waals surface area contributed by atoms with E-state index in [-0.39, 0.29) is 0 Å².